The van der Waals surface area contributed by atoms with E-state index in [1.807, 2.05) is 30.5 Å². The van der Waals surface area contributed by atoms with E-state index in [9.17, 15) is 9.90 Å². The van der Waals surface area contributed by atoms with Crippen LogP contribution in [0.15, 0.2) is 48.9 Å². The fourth-order valence-corrected chi connectivity index (χ4v) is 3.20. The van der Waals surface area contributed by atoms with E-state index in [-0.39, 0.29) is 12.4 Å². The van der Waals surface area contributed by atoms with Crippen molar-refractivity contribution in [3.63, 3.8) is 0 Å². The Hall–Kier alpha value is -2.79. The topological polar surface area (TPSA) is 68.0 Å². The van der Waals surface area contributed by atoms with Crippen LogP contribution in [0.25, 0.3) is 22.4 Å². The first-order chi connectivity index (χ1) is 11.8. The number of aliphatic hydroxyl groups is 1. The number of aliphatic hydroxyl groups excluding tert-OH is 1. The predicted molar refractivity (Wildman–Crippen MR) is 90.6 cm³/mol. The number of benzene rings is 1. The Morgan fingerprint density at radius 1 is 1.04 bits per heavy atom. The molecule has 0 atom stereocenters. The molecule has 120 valence electrons. The van der Waals surface area contributed by atoms with Gasteiger partial charge in [-0.3, -0.25) is 14.5 Å². The molecular weight excluding hydrogens is 302 g/mol. The van der Waals surface area contributed by atoms with Gasteiger partial charge >= 0.3 is 0 Å². The van der Waals surface area contributed by atoms with Crippen molar-refractivity contribution in [2.45, 2.75) is 19.4 Å². The molecule has 24 heavy (non-hydrogen) atoms. The molecule has 0 unspecified atom stereocenters. The summed E-state index contributed by atoms with van der Waals surface area (Å²) in [5, 5.41) is 13.8. The van der Waals surface area contributed by atoms with Gasteiger partial charge in [0.15, 0.2) is 5.78 Å². The monoisotopic (exact) mass is 319 g/mol. The Bertz CT molecular complexity index is 900. The van der Waals surface area contributed by atoms with E-state index in [0.717, 1.165) is 39.9 Å². The lowest BCUT2D eigenvalue weighted by molar-refractivity contribution is 0.0994. The molecule has 0 spiro atoms. The molecule has 5 nitrogen and oxygen atoms in total. The molecule has 1 aliphatic rings. The highest BCUT2D eigenvalue weighted by molar-refractivity contribution is 6.01. The molecule has 2 heterocycles. The van der Waals surface area contributed by atoms with Gasteiger partial charge in [-0.25, -0.2) is 0 Å². The van der Waals surface area contributed by atoms with Gasteiger partial charge in [-0.05, 0) is 29.7 Å². The van der Waals surface area contributed by atoms with E-state index in [2.05, 4.69) is 16.1 Å². The van der Waals surface area contributed by atoms with Gasteiger partial charge in [0.25, 0.3) is 0 Å². The highest BCUT2D eigenvalue weighted by Gasteiger charge is 2.21. The first-order valence-electron chi connectivity index (χ1n) is 8.01. The van der Waals surface area contributed by atoms with Crippen molar-refractivity contribution in [1.82, 2.24) is 14.8 Å². The zero-order valence-electron chi connectivity index (χ0n) is 13.1. The molecule has 0 bridgehead atoms. The second-order valence-electron chi connectivity index (χ2n) is 5.91. The summed E-state index contributed by atoms with van der Waals surface area (Å²) in [5.74, 6) is 0.224. The average Bonchev–Trinajstić information content (AvgIpc) is 3.20. The standard InChI is InChI=1S/C19H17N3O2/c23-10-9-22-12-17(19(21-22)13-5-7-20-8-6-13)15-1-3-16-14(11-15)2-4-18(16)24/h1,3,5-8,11-12,23H,2,4,9-10H2. The molecule has 1 N–H and O–H groups in total. The highest BCUT2D eigenvalue weighted by atomic mass is 16.3. The molecule has 0 amide bonds. The van der Waals surface area contributed by atoms with Gasteiger partial charge in [0.05, 0.1) is 13.2 Å². The van der Waals surface area contributed by atoms with Crippen LogP contribution in [0.4, 0.5) is 0 Å². The maximum atomic E-state index is 11.8. The number of fused-ring (bicyclic) bond motifs is 1. The minimum absolute atomic E-state index is 0.0373. The molecule has 0 radical (unpaired) electrons. The molecule has 3 aromatic rings. The van der Waals surface area contributed by atoms with Crippen LogP contribution in [-0.4, -0.2) is 32.3 Å². The van der Waals surface area contributed by atoms with Crippen molar-refractivity contribution in [2.24, 2.45) is 0 Å². The first kappa shape index (κ1) is 14.8. The van der Waals surface area contributed by atoms with E-state index in [0.29, 0.717) is 13.0 Å². The van der Waals surface area contributed by atoms with Gasteiger partial charge in [0, 0.05) is 41.7 Å². The third-order valence-electron chi connectivity index (χ3n) is 4.38. The number of carbonyl (C=O) groups is 1. The maximum absolute atomic E-state index is 11.8. The number of hydrogen-bond acceptors (Lipinski definition) is 4. The van der Waals surface area contributed by atoms with Crippen molar-refractivity contribution < 1.29 is 9.90 Å². The summed E-state index contributed by atoms with van der Waals surface area (Å²) in [4.78, 5) is 15.9. The summed E-state index contributed by atoms with van der Waals surface area (Å²) in [6.45, 7) is 0.483. The maximum Gasteiger partial charge on any atom is 0.163 e. The average molecular weight is 319 g/mol. The molecular formula is C19H17N3O2. The number of Topliss-reactive ketones (excluding diaryl/α,β-unsaturated/α-hetero) is 1. The van der Waals surface area contributed by atoms with Gasteiger partial charge in [-0.2, -0.15) is 5.10 Å². The molecule has 0 saturated carbocycles. The Labute approximate surface area is 139 Å². The number of pyridine rings is 1. The lowest BCUT2D eigenvalue weighted by Crippen LogP contribution is -2.02. The van der Waals surface area contributed by atoms with Crippen LogP contribution >= 0.6 is 0 Å². The SMILES string of the molecule is O=C1CCc2cc(-c3cn(CCO)nc3-c3ccncc3)ccc21. The van der Waals surface area contributed by atoms with E-state index >= 15 is 0 Å². The Kier molecular flexibility index (Phi) is 3.70. The smallest absolute Gasteiger partial charge is 0.163 e. The number of aromatic nitrogens is 3. The van der Waals surface area contributed by atoms with Crippen LogP contribution < -0.4 is 0 Å². The molecule has 1 aliphatic carbocycles. The van der Waals surface area contributed by atoms with Gasteiger partial charge in [-0.1, -0.05) is 18.2 Å². The number of carbonyl (C=O) groups excluding carboxylic acids is 1. The molecule has 2 aromatic heterocycles. The van der Waals surface area contributed by atoms with E-state index in [4.69, 9.17) is 0 Å². The summed E-state index contributed by atoms with van der Waals surface area (Å²) >= 11 is 0. The van der Waals surface area contributed by atoms with Gasteiger partial charge < -0.3 is 5.11 Å². The van der Waals surface area contributed by atoms with Crippen molar-refractivity contribution >= 4 is 5.78 Å². The van der Waals surface area contributed by atoms with Crippen molar-refractivity contribution in [3.05, 3.63) is 60.0 Å². The fourth-order valence-electron chi connectivity index (χ4n) is 3.20. The summed E-state index contributed by atoms with van der Waals surface area (Å²) in [6.07, 6.45) is 6.83. The highest BCUT2D eigenvalue weighted by Crippen LogP contribution is 2.33. The van der Waals surface area contributed by atoms with Gasteiger partial charge in [0.1, 0.15) is 5.69 Å². The third kappa shape index (κ3) is 2.53. The van der Waals surface area contributed by atoms with Crippen LogP contribution in [0, 0.1) is 0 Å². The van der Waals surface area contributed by atoms with Crippen molar-refractivity contribution in [2.75, 3.05) is 6.61 Å². The van der Waals surface area contributed by atoms with E-state index in [1.165, 1.54) is 0 Å². The number of aryl methyl sites for hydroxylation is 1. The largest absolute Gasteiger partial charge is 0.394 e. The van der Waals surface area contributed by atoms with Gasteiger partial charge in [0.2, 0.25) is 0 Å². The number of ketones is 1. The Morgan fingerprint density at radius 3 is 2.67 bits per heavy atom. The van der Waals surface area contributed by atoms with Crippen LogP contribution in [-0.2, 0) is 13.0 Å². The van der Waals surface area contributed by atoms with Crippen molar-refractivity contribution in [1.29, 1.82) is 0 Å². The van der Waals surface area contributed by atoms with Crippen molar-refractivity contribution in [3.8, 4) is 22.4 Å². The molecule has 0 fully saturated rings. The molecule has 0 saturated heterocycles. The molecule has 0 aliphatic heterocycles. The zero-order valence-corrected chi connectivity index (χ0v) is 13.1. The minimum atomic E-state index is 0.0373. The number of hydrogen-bond donors (Lipinski definition) is 1. The first-order valence-corrected chi connectivity index (χ1v) is 8.01. The summed E-state index contributed by atoms with van der Waals surface area (Å²) < 4.78 is 1.75. The van der Waals surface area contributed by atoms with E-state index < -0.39 is 0 Å². The number of nitrogens with zero attached hydrogens (tertiary/aromatic N) is 3. The predicted octanol–water partition coefficient (Wildman–Crippen LogP) is 2.73. The second kappa shape index (κ2) is 6.02. The molecule has 5 heteroatoms. The number of rotatable bonds is 4. The van der Waals surface area contributed by atoms with Crippen LogP contribution in [0.2, 0.25) is 0 Å². The van der Waals surface area contributed by atoms with Crippen LogP contribution in [0.1, 0.15) is 22.3 Å². The quantitative estimate of drug-likeness (QED) is 0.803. The molecule has 1 aromatic carbocycles. The molecule has 4 rings (SSSR count). The lowest BCUT2D eigenvalue weighted by atomic mass is 9.99. The zero-order chi connectivity index (χ0) is 16.5. The lowest BCUT2D eigenvalue weighted by Gasteiger charge is -2.05. The van der Waals surface area contributed by atoms with Gasteiger partial charge in [-0.15, -0.1) is 0 Å². The summed E-state index contributed by atoms with van der Waals surface area (Å²) in [6, 6.07) is 9.83. The minimum Gasteiger partial charge on any atom is -0.394 e. The second-order valence-corrected chi connectivity index (χ2v) is 5.91. The Balaban J connectivity index is 1.84. The fraction of sp³-hybridized carbons (Fsp3) is 0.211. The summed E-state index contributed by atoms with van der Waals surface area (Å²) in [7, 11) is 0. The van der Waals surface area contributed by atoms with Crippen LogP contribution in [0.3, 0.4) is 0 Å². The van der Waals surface area contributed by atoms with Crippen LogP contribution in [0.5, 0.6) is 0 Å². The Morgan fingerprint density at radius 2 is 1.88 bits per heavy atom. The van der Waals surface area contributed by atoms with E-state index in [1.54, 1.807) is 17.1 Å². The normalized spacial score (nSPS) is 13.3. The third-order valence-corrected chi connectivity index (χ3v) is 4.38. The summed E-state index contributed by atoms with van der Waals surface area (Å²) in [5.41, 5.74) is 5.82.